The first-order valence-electron chi connectivity index (χ1n) is 4.75. The van der Waals surface area contributed by atoms with E-state index in [2.05, 4.69) is 5.10 Å². The third-order valence-corrected chi connectivity index (χ3v) is 2.37. The van der Waals surface area contributed by atoms with Gasteiger partial charge in [-0.2, -0.15) is 18.3 Å². The molecule has 1 atom stereocenters. The minimum absolute atomic E-state index is 0.0443. The SMILES string of the molecule is CCC(C)n1ncc(CN)c1C(F)(F)F. The Kier molecular flexibility index (Phi) is 3.38. The maximum atomic E-state index is 12.7. The molecule has 0 spiro atoms. The summed E-state index contributed by atoms with van der Waals surface area (Å²) in [5, 5.41) is 3.74. The Morgan fingerprint density at radius 1 is 1.53 bits per heavy atom. The molecule has 0 aliphatic rings. The normalized spacial score (nSPS) is 14.3. The topological polar surface area (TPSA) is 43.8 Å². The number of hydrogen-bond acceptors (Lipinski definition) is 2. The van der Waals surface area contributed by atoms with Gasteiger partial charge in [0.1, 0.15) is 5.69 Å². The summed E-state index contributed by atoms with van der Waals surface area (Å²) in [7, 11) is 0. The first kappa shape index (κ1) is 12.0. The van der Waals surface area contributed by atoms with E-state index in [-0.39, 0.29) is 18.2 Å². The lowest BCUT2D eigenvalue weighted by Gasteiger charge is -2.16. The number of hydrogen-bond donors (Lipinski definition) is 1. The molecule has 3 nitrogen and oxygen atoms in total. The number of nitrogens with zero attached hydrogens (tertiary/aromatic N) is 2. The Morgan fingerprint density at radius 3 is 2.53 bits per heavy atom. The van der Waals surface area contributed by atoms with Gasteiger partial charge in [-0.15, -0.1) is 0 Å². The van der Waals surface area contributed by atoms with Crippen molar-refractivity contribution < 1.29 is 13.2 Å². The molecule has 0 aliphatic carbocycles. The van der Waals surface area contributed by atoms with Gasteiger partial charge in [-0.1, -0.05) is 6.92 Å². The average molecular weight is 221 g/mol. The van der Waals surface area contributed by atoms with Gasteiger partial charge >= 0.3 is 6.18 Å². The summed E-state index contributed by atoms with van der Waals surface area (Å²) in [5.74, 6) is 0. The van der Waals surface area contributed by atoms with Crippen LogP contribution in [0.15, 0.2) is 6.20 Å². The Hall–Kier alpha value is -1.04. The zero-order valence-corrected chi connectivity index (χ0v) is 8.67. The summed E-state index contributed by atoms with van der Waals surface area (Å²) in [4.78, 5) is 0. The van der Waals surface area contributed by atoms with Crippen LogP contribution in [0.3, 0.4) is 0 Å². The predicted molar refractivity (Wildman–Crippen MR) is 50.1 cm³/mol. The fraction of sp³-hybridized carbons (Fsp3) is 0.667. The van der Waals surface area contributed by atoms with Crippen molar-refractivity contribution in [3.8, 4) is 0 Å². The van der Waals surface area contributed by atoms with E-state index in [4.69, 9.17) is 5.73 Å². The standard InChI is InChI=1S/C9H14F3N3/c1-3-6(2)15-8(9(10,11)12)7(4-13)5-14-15/h5-6H,3-4,13H2,1-2H3. The van der Waals surface area contributed by atoms with Crippen molar-refractivity contribution in [2.45, 2.75) is 39.0 Å². The van der Waals surface area contributed by atoms with E-state index < -0.39 is 11.9 Å². The highest BCUT2D eigenvalue weighted by Crippen LogP contribution is 2.33. The van der Waals surface area contributed by atoms with Crippen LogP contribution in [0, 0.1) is 0 Å². The molecular formula is C9H14F3N3. The maximum absolute atomic E-state index is 12.7. The second-order valence-corrected chi connectivity index (χ2v) is 3.42. The fourth-order valence-electron chi connectivity index (χ4n) is 1.37. The Bertz CT molecular complexity index is 330. The van der Waals surface area contributed by atoms with E-state index >= 15 is 0 Å². The molecule has 0 radical (unpaired) electrons. The summed E-state index contributed by atoms with van der Waals surface area (Å²) in [6.07, 6.45) is -2.61. The van der Waals surface area contributed by atoms with Crippen LogP contribution in [-0.4, -0.2) is 9.78 Å². The number of nitrogens with two attached hydrogens (primary N) is 1. The highest BCUT2D eigenvalue weighted by Gasteiger charge is 2.38. The van der Waals surface area contributed by atoms with Crippen molar-refractivity contribution in [1.29, 1.82) is 0 Å². The third kappa shape index (κ3) is 2.31. The molecule has 0 saturated heterocycles. The maximum Gasteiger partial charge on any atom is 0.433 e. The van der Waals surface area contributed by atoms with Gasteiger partial charge in [-0.3, -0.25) is 4.68 Å². The summed E-state index contributed by atoms with van der Waals surface area (Å²) in [6.45, 7) is 3.36. The van der Waals surface area contributed by atoms with Crippen LogP contribution in [0.1, 0.15) is 37.6 Å². The molecule has 2 N–H and O–H groups in total. The first-order chi connectivity index (χ1) is 6.91. The van der Waals surface area contributed by atoms with E-state index in [1.54, 1.807) is 6.92 Å². The molecule has 0 aliphatic heterocycles. The van der Waals surface area contributed by atoms with Gasteiger partial charge < -0.3 is 5.73 Å². The van der Waals surface area contributed by atoms with Crippen molar-refractivity contribution in [3.05, 3.63) is 17.5 Å². The van der Waals surface area contributed by atoms with Crippen molar-refractivity contribution in [2.75, 3.05) is 0 Å². The van der Waals surface area contributed by atoms with Gasteiger partial charge in [0.15, 0.2) is 0 Å². The van der Waals surface area contributed by atoms with Gasteiger partial charge in [-0.25, -0.2) is 0 Å². The van der Waals surface area contributed by atoms with E-state index in [0.717, 1.165) is 4.68 Å². The van der Waals surface area contributed by atoms with Crippen LogP contribution in [0.2, 0.25) is 0 Å². The smallest absolute Gasteiger partial charge is 0.326 e. The van der Waals surface area contributed by atoms with Gasteiger partial charge in [0.2, 0.25) is 0 Å². The molecule has 0 amide bonds. The van der Waals surface area contributed by atoms with Crippen LogP contribution in [0.5, 0.6) is 0 Å². The molecule has 15 heavy (non-hydrogen) atoms. The quantitative estimate of drug-likeness (QED) is 0.851. The molecule has 0 fully saturated rings. The van der Waals surface area contributed by atoms with Crippen LogP contribution >= 0.6 is 0 Å². The largest absolute Gasteiger partial charge is 0.433 e. The lowest BCUT2D eigenvalue weighted by atomic mass is 10.2. The monoisotopic (exact) mass is 221 g/mol. The average Bonchev–Trinajstić information content (AvgIpc) is 2.59. The van der Waals surface area contributed by atoms with Gasteiger partial charge in [0.25, 0.3) is 0 Å². The summed E-state index contributed by atoms with van der Waals surface area (Å²) in [5.41, 5.74) is 4.57. The van der Waals surface area contributed by atoms with Crippen molar-refractivity contribution in [3.63, 3.8) is 0 Å². The Labute approximate surface area is 86.1 Å². The highest BCUT2D eigenvalue weighted by atomic mass is 19.4. The molecule has 1 aromatic rings. The Morgan fingerprint density at radius 2 is 2.13 bits per heavy atom. The van der Waals surface area contributed by atoms with Crippen LogP contribution in [0.4, 0.5) is 13.2 Å². The molecule has 6 heteroatoms. The molecule has 1 aromatic heterocycles. The van der Waals surface area contributed by atoms with Crippen LogP contribution < -0.4 is 5.73 Å². The number of halogens is 3. The summed E-state index contributed by atoms with van der Waals surface area (Å²) in [6, 6.07) is -0.276. The Balaban J connectivity index is 3.23. The van der Waals surface area contributed by atoms with E-state index in [1.165, 1.54) is 6.20 Å². The van der Waals surface area contributed by atoms with E-state index in [0.29, 0.717) is 6.42 Å². The molecule has 1 heterocycles. The highest BCUT2D eigenvalue weighted by molar-refractivity contribution is 5.21. The predicted octanol–water partition coefficient (Wildman–Crippen LogP) is 2.33. The van der Waals surface area contributed by atoms with Gasteiger partial charge in [0.05, 0.1) is 6.20 Å². The van der Waals surface area contributed by atoms with Crippen molar-refractivity contribution in [1.82, 2.24) is 9.78 Å². The summed E-state index contributed by atoms with van der Waals surface area (Å²) >= 11 is 0. The molecule has 0 bridgehead atoms. The minimum atomic E-state index is -4.39. The minimum Gasteiger partial charge on any atom is -0.326 e. The molecular weight excluding hydrogens is 207 g/mol. The van der Waals surface area contributed by atoms with Gasteiger partial charge in [-0.05, 0) is 13.3 Å². The number of rotatable bonds is 3. The van der Waals surface area contributed by atoms with E-state index in [1.807, 2.05) is 6.92 Å². The first-order valence-corrected chi connectivity index (χ1v) is 4.75. The number of aromatic nitrogens is 2. The third-order valence-electron chi connectivity index (χ3n) is 2.37. The molecule has 0 saturated carbocycles. The van der Waals surface area contributed by atoms with E-state index in [9.17, 15) is 13.2 Å². The molecule has 86 valence electrons. The fourth-order valence-corrected chi connectivity index (χ4v) is 1.37. The molecule has 0 aromatic carbocycles. The van der Waals surface area contributed by atoms with Crippen LogP contribution in [0.25, 0.3) is 0 Å². The zero-order chi connectivity index (χ0) is 11.6. The second-order valence-electron chi connectivity index (χ2n) is 3.42. The molecule has 1 rings (SSSR count). The second kappa shape index (κ2) is 4.22. The van der Waals surface area contributed by atoms with Gasteiger partial charge in [0, 0.05) is 18.2 Å². The zero-order valence-electron chi connectivity index (χ0n) is 8.67. The number of alkyl halides is 3. The lowest BCUT2D eigenvalue weighted by Crippen LogP contribution is -2.19. The molecule has 1 unspecified atom stereocenters. The lowest BCUT2D eigenvalue weighted by molar-refractivity contribution is -0.145. The van der Waals surface area contributed by atoms with Crippen LogP contribution in [-0.2, 0) is 12.7 Å². The van der Waals surface area contributed by atoms with Crippen molar-refractivity contribution in [2.24, 2.45) is 5.73 Å². The summed E-state index contributed by atoms with van der Waals surface area (Å²) < 4.78 is 39.1. The van der Waals surface area contributed by atoms with Crippen molar-refractivity contribution >= 4 is 0 Å².